The van der Waals surface area contributed by atoms with Crippen LogP contribution < -0.4 is 0 Å². The molecule has 2 nitrogen and oxygen atoms in total. The number of carbonyl (C=O) groups excluding carboxylic acids is 1. The quantitative estimate of drug-likeness (QED) is 0.428. The molecule has 0 radical (unpaired) electrons. The van der Waals surface area contributed by atoms with Crippen LogP contribution in [0.2, 0.25) is 0 Å². The molecule has 112 valence electrons. The fraction of sp³-hybridized carbons (Fsp3) is 0.611. The predicted molar refractivity (Wildman–Crippen MR) is 84.1 cm³/mol. The zero-order chi connectivity index (χ0) is 14.6. The van der Waals surface area contributed by atoms with Crippen molar-refractivity contribution < 1.29 is 9.53 Å². The molecular formula is C18H28O2. The molecule has 0 saturated heterocycles. The third kappa shape index (κ3) is 7.32. The van der Waals surface area contributed by atoms with E-state index in [0.717, 1.165) is 18.4 Å². The van der Waals surface area contributed by atoms with Gasteiger partial charge in [0.25, 0.3) is 0 Å². The Kier molecular flexibility index (Phi) is 8.77. The maximum atomic E-state index is 11.8. The first-order valence-electron chi connectivity index (χ1n) is 7.98. The number of unbranched alkanes of at least 4 members (excludes halogenated alkanes) is 7. The van der Waals surface area contributed by atoms with E-state index >= 15 is 0 Å². The molecule has 0 saturated carbocycles. The van der Waals surface area contributed by atoms with Gasteiger partial charge in [-0.05, 0) is 25.5 Å². The molecule has 0 bridgehead atoms. The molecule has 0 unspecified atom stereocenters. The number of esters is 1. The molecule has 0 aromatic heterocycles. The van der Waals surface area contributed by atoms with E-state index < -0.39 is 0 Å². The Labute approximate surface area is 123 Å². The number of benzene rings is 1. The Morgan fingerprint density at radius 2 is 1.65 bits per heavy atom. The summed E-state index contributed by atoms with van der Waals surface area (Å²) in [6.45, 7) is 4.76. The molecule has 0 heterocycles. The largest absolute Gasteiger partial charge is 0.462 e. The Morgan fingerprint density at radius 1 is 1.00 bits per heavy atom. The summed E-state index contributed by atoms with van der Waals surface area (Å²) in [5.41, 5.74) is 1.75. The lowest BCUT2D eigenvalue weighted by Crippen LogP contribution is -2.06. The summed E-state index contributed by atoms with van der Waals surface area (Å²) in [6.07, 6.45) is 10.1. The van der Waals surface area contributed by atoms with E-state index in [1.807, 2.05) is 31.2 Å². The highest BCUT2D eigenvalue weighted by Gasteiger charge is 2.06. The molecule has 0 fully saturated rings. The topological polar surface area (TPSA) is 26.3 Å². The monoisotopic (exact) mass is 276 g/mol. The molecule has 0 atom stereocenters. The molecule has 0 aliphatic heterocycles. The predicted octanol–water partition coefficient (Wildman–Crippen LogP) is 5.29. The smallest absolute Gasteiger partial charge is 0.338 e. The molecule has 0 amide bonds. The summed E-state index contributed by atoms with van der Waals surface area (Å²) in [7, 11) is 0. The van der Waals surface area contributed by atoms with Crippen LogP contribution in [0.15, 0.2) is 24.3 Å². The number of hydrogen-bond acceptors (Lipinski definition) is 2. The van der Waals surface area contributed by atoms with Crippen molar-refractivity contribution >= 4 is 5.97 Å². The first kappa shape index (κ1) is 16.7. The van der Waals surface area contributed by atoms with E-state index in [9.17, 15) is 4.79 Å². The maximum Gasteiger partial charge on any atom is 0.338 e. The van der Waals surface area contributed by atoms with Crippen molar-refractivity contribution in [1.82, 2.24) is 0 Å². The van der Waals surface area contributed by atoms with Gasteiger partial charge in [-0.15, -0.1) is 0 Å². The van der Waals surface area contributed by atoms with E-state index in [4.69, 9.17) is 4.74 Å². The van der Waals surface area contributed by atoms with Gasteiger partial charge in [0.15, 0.2) is 0 Å². The van der Waals surface area contributed by atoms with Crippen molar-refractivity contribution in [2.45, 2.75) is 65.2 Å². The van der Waals surface area contributed by atoms with Crippen LogP contribution in [-0.2, 0) is 4.74 Å². The lowest BCUT2D eigenvalue weighted by atomic mass is 10.1. The zero-order valence-electron chi connectivity index (χ0n) is 13.0. The molecule has 0 aliphatic rings. The number of ether oxygens (including phenoxy) is 1. The lowest BCUT2D eigenvalue weighted by molar-refractivity contribution is 0.0497. The second-order valence-corrected chi connectivity index (χ2v) is 5.48. The van der Waals surface area contributed by atoms with Gasteiger partial charge in [-0.3, -0.25) is 0 Å². The Morgan fingerprint density at radius 3 is 2.30 bits per heavy atom. The van der Waals surface area contributed by atoms with Crippen molar-refractivity contribution in [3.05, 3.63) is 35.4 Å². The second-order valence-electron chi connectivity index (χ2n) is 5.48. The van der Waals surface area contributed by atoms with E-state index in [1.165, 1.54) is 38.5 Å². The average Bonchev–Trinajstić information content (AvgIpc) is 2.45. The highest BCUT2D eigenvalue weighted by atomic mass is 16.5. The molecule has 2 heteroatoms. The van der Waals surface area contributed by atoms with Crippen LogP contribution in [0.25, 0.3) is 0 Å². The van der Waals surface area contributed by atoms with Crippen LogP contribution in [0.3, 0.4) is 0 Å². The highest BCUT2D eigenvalue weighted by Crippen LogP contribution is 2.09. The zero-order valence-corrected chi connectivity index (χ0v) is 13.0. The normalized spacial score (nSPS) is 10.5. The summed E-state index contributed by atoms with van der Waals surface area (Å²) >= 11 is 0. The molecule has 0 spiro atoms. The van der Waals surface area contributed by atoms with Crippen LogP contribution in [0.4, 0.5) is 0 Å². The van der Waals surface area contributed by atoms with Gasteiger partial charge in [-0.1, -0.05) is 69.6 Å². The van der Waals surface area contributed by atoms with Crippen LogP contribution >= 0.6 is 0 Å². The summed E-state index contributed by atoms with van der Waals surface area (Å²) in [5.74, 6) is -0.198. The molecule has 1 aromatic carbocycles. The van der Waals surface area contributed by atoms with Crippen molar-refractivity contribution in [2.24, 2.45) is 0 Å². The third-order valence-corrected chi connectivity index (χ3v) is 3.48. The first-order valence-corrected chi connectivity index (χ1v) is 7.98. The standard InChI is InChI=1S/C18H28O2/c1-3-4-5-6-7-8-9-10-14-20-18(19)17-13-11-12-16(2)15-17/h11-13,15H,3-10,14H2,1-2H3. The van der Waals surface area contributed by atoms with Gasteiger partial charge in [0.05, 0.1) is 12.2 Å². The van der Waals surface area contributed by atoms with Crippen LogP contribution in [0.5, 0.6) is 0 Å². The number of hydrogen-bond donors (Lipinski definition) is 0. The SMILES string of the molecule is CCCCCCCCCCOC(=O)c1cccc(C)c1. The highest BCUT2D eigenvalue weighted by molar-refractivity contribution is 5.89. The van der Waals surface area contributed by atoms with Crippen LogP contribution in [-0.4, -0.2) is 12.6 Å². The van der Waals surface area contributed by atoms with Gasteiger partial charge in [0.1, 0.15) is 0 Å². The molecule has 1 rings (SSSR count). The summed E-state index contributed by atoms with van der Waals surface area (Å²) in [6, 6.07) is 7.55. The number of aryl methyl sites for hydroxylation is 1. The van der Waals surface area contributed by atoms with Gasteiger partial charge in [-0.25, -0.2) is 4.79 Å². The van der Waals surface area contributed by atoms with E-state index in [0.29, 0.717) is 12.2 Å². The summed E-state index contributed by atoms with van der Waals surface area (Å²) in [4.78, 5) is 11.8. The first-order chi connectivity index (χ1) is 9.74. The Hall–Kier alpha value is -1.31. The minimum atomic E-state index is -0.198. The molecule has 20 heavy (non-hydrogen) atoms. The van der Waals surface area contributed by atoms with Crippen molar-refractivity contribution in [2.75, 3.05) is 6.61 Å². The van der Waals surface area contributed by atoms with Crippen LogP contribution in [0, 0.1) is 6.92 Å². The molecular weight excluding hydrogens is 248 g/mol. The number of carbonyl (C=O) groups is 1. The maximum absolute atomic E-state index is 11.8. The lowest BCUT2D eigenvalue weighted by Gasteiger charge is -2.05. The Balaban J connectivity index is 2.02. The van der Waals surface area contributed by atoms with Crippen molar-refractivity contribution in [3.8, 4) is 0 Å². The average molecular weight is 276 g/mol. The fourth-order valence-electron chi connectivity index (χ4n) is 2.26. The second kappa shape index (κ2) is 10.5. The van der Waals surface area contributed by atoms with Gasteiger partial charge < -0.3 is 4.74 Å². The van der Waals surface area contributed by atoms with Gasteiger partial charge in [-0.2, -0.15) is 0 Å². The number of rotatable bonds is 10. The summed E-state index contributed by atoms with van der Waals surface area (Å²) in [5, 5.41) is 0. The van der Waals surface area contributed by atoms with Gasteiger partial charge in [0, 0.05) is 0 Å². The minimum Gasteiger partial charge on any atom is -0.462 e. The van der Waals surface area contributed by atoms with E-state index in [2.05, 4.69) is 6.92 Å². The van der Waals surface area contributed by atoms with Crippen molar-refractivity contribution in [1.29, 1.82) is 0 Å². The van der Waals surface area contributed by atoms with Crippen molar-refractivity contribution in [3.63, 3.8) is 0 Å². The molecule has 1 aromatic rings. The molecule has 0 aliphatic carbocycles. The Bertz CT molecular complexity index is 385. The summed E-state index contributed by atoms with van der Waals surface area (Å²) < 4.78 is 5.29. The van der Waals surface area contributed by atoms with E-state index in [1.54, 1.807) is 0 Å². The van der Waals surface area contributed by atoms with Crippen LogP contribution in [0.1, 0.15) is 74.2 Å². The molecule has 0 N–H and O–H groups in total. The van der Waals surface area contributed by atoms with Gasteiger partial charge >= 0.3 is 5.97 Å². The fourth-order valence-corrected chi connectivity index (χ4v) is 2.26. The minimum absolute atomic E-state index is 0.198. The van der Waals surface area contributed by atoms with E-state index in [-0.39, 0.29) is 5.97 Å². The third-order valence-electron chi connectivity index (χ3n) is 3.48. The van der Waals surface area contributed by atoms with Gasteiger partial charge in [0.2, 0.25) is 0 Å².